The number of carbonyl (C=O) groups is 1. The van der Waals surface area contributed by atoms with Gasteiger partial charge in [-0.1, -0.05) is 0 Å². The monoisotopic (exact) mass is 289 g/mol. The van der Waals surface area contributed by atoms with Gasteiger partial charge in [0.05, 0.1) is 10.2 Å². The van der Waals surface area contributed by atoms with Crippen molar-refractivity contribution in [3.63, 3.8) is 0 Å². The molecular formula is C8H4INOS. The molecule has 12 heavy (non-hydrogen) atoms. The zero-order valence-corrected chi connectivity index (χ0v) is 8.93. The molecule has 0 aliphatic carbocycles. The average Bonchev–Trinajstić information content (AvgIpc) is 2.46. The van der Waals surface area contributed by atoms with E-state index < -0.39 is 0 Å². The van der Waals surface area contributed by atoms with Gasteiger partial charge in [0.15, 0.2) is 11.3 Å². The quantitative estimate of drug-likeness (QED) is 0.597. The molecule has 0 aliphatic rings. The Labute approximate surface area is 86.8 Å². The maximum Gasteiger partial charge on any atom is 0.178 e. The Morgan fingerprint density at radius 3 is 3.08 bits per heavy atom. The molecule has 0 aliphatic heterocycles. The summed E-state index contributed by atoms with van der Waals surface area (Å²) in [5, 5.41) is 0.548. The lowest BCUT2D eigenvalue weighted by Crippen LogP contribution is -1.73. The molecule has 0 amide bonds. The Balaban J connectivity index is 2.75. The minimum atomic E-state index is 0.548. The van der Waals surface area contributed by atoms with Gasteiger partial charge in [0.2, 0.25) is 0 Å². The van der Waals surface area contributed by atoms with Gasteiger partial charge in [-0.3, -0.25) is 4.79 Å². The van der Waals surface area contributed by atoms with Crippen molar-refractivity contribution < 1.29 is 4.79 Å². The van der Waals surface area contributed by atoms with Crippen LogP contribution in [0.15, 0.2) is 18.2 Å². The number of aromatic nitrogens is 1. The third kappa shape index (κ3) is 1.36. The Hall–Kier alpha value is -0.490. The maximum absolute atomic E-state index is 10.4. The number of carbonyl (C=O) groups excluding carboxylic acids is 1. The molecule has 2 nitrogen and oxygen atoms in total. The lowest BCUT2D eigenvalue weighted by molar-refractivity contribution is 0.112. The summed E-state index contributed by atoms with van der Waals surface area (Å²) in [7, 11) is 0. The summed E-state index contributed by atoms with van der Waals surface area (Å²) in [6.07, 6.45) is 0.789. The van der Waals surface area contributed by atoms with Crippen LogP contribution >= 0.6 is 33.9 Å². The largest absolute Gasteiger partial charge is 0.295 e. The zero-order valence-electron chi connectivity index (χ0n) is 5.95. The molecule has 0 saturated carbocycles. The summed E-state index contributed by atoms with van der Waals surface area (Å²) in [6.45, 7) is 0. The fourth-order valence-corrected chi connectivity index (χ4v) is 2.49. The first kappa shape index (κ1) is 8.12. The SMILES string of the molecule is O=Cc1nc2ccc(I)cc2s1. The van der Waals surface area contributed by atoms with E-state index >= 15 is 0 Å². The minimum Gasteiger partial charge on any atom is -0.295 e. The molecule has 60 valence electrons. The Morgan fingerprint density at radius 1 is 1.50 bits per heavy atom. The highest BCUT2D eigenvalue weighted by Crippen LogP contribution is 2.22. The maximum atomic E-state index is 10.4. The highest BCUT2D eigenvalue weighted by Gasteiger charge is 2.01. The van der Waals surface area contributed by atoms with Gasteiger partial charge in [-0.05, 0) is 40.8 Å². The van der Waals surface area contributed by atoms with E-state index in [2.05, 4.69) is 27.6 Å². The molecule has 1 heterocycles. The first-order valence-electron chi connectivity index (χ1n) is 3.31. The van der Waals surface area contributed by atoms with Gasteiger partial charge >= 0.3 is 0 Å². The second-order valence-electron chi connectivity index (χ2n) is 2.28. The minimum absolute atomic E-state index is 0.548. The van der Waals surface area contributed by atoms with Gasteiger partial charge in [-0.15, -0.1) is 11.3 Å². The molecule has 0 N–H and O–H groups in total. The topological polar surface area (TPSA) is 30.0 Å². The van der Waals surface area contributed by atoms with E-state index in [0.29, 0.717) is 5.01 Å². The zero-order chi connectivity index (χ0) is 8.55. The highest BCUT2D eigenvalue weighted by atomic mass is 127. The third-order valence-corrected chi connectivity index (χ3v) is 3.08. The summed E-state index contributed by atoms with van der Waals surface area (Å²) in [6, 6.07) is 5.94. The second-order valence-corrected chi connectivity index (χ2v) is 4.59. The molecule has 1 aromatic heterocycles. The molecule has 0 saturated heterocycles. The van der Waals surface area contributed by atoms with E-state index in [-0.39, 0.29) is 0 Å². The number of rotatable bonds is 1. The Kier molecular flexibility index (Phi) is 2.10. The van der Waals surface area contributed by atoms with Gasteiger partial charge in [0.1, 0.15) is 0 Å². The van der Waals surface area contributed by atoms with Crippen LogP contribution in [0.2, 0.25) is 0 Å². The van der Waals surface area contributed by atoms with Gasteiger partial charge in [-0.2, -0.15) is 0 Å². The van der Waals surface area contributed by atoms with E-state index in [1.807, 2.05) is 18.2 Å². The van der Waals surface area contributed by atoms with Crippen LogP contribution in [0.3, 0.4) is 0 Å². The van der Waals surface area contributed by atoms with Crippen molar-refractivity contribution in [2.45, 2.75) is 0 Å². The summed E-state index contributed by atoms with van der Waals surface area (Å²) in [5.74, 6) is 0. The highest BCUT2D eigenvalue weighted by molar-refractivity contribution is 14.1. The van der Waals surface area contributed by atoms with Crippen LogP contribution in [0.1, 0.15) is 9.80 Å². The van der Waals surface area contributed by atoms with E-state index in [1.165, 1.54) is 14.9 Å². The fourth-order valence-electron chi connectivity index (χ4n) is 0.967. The predicted molar refractivity (Wildman–Crippen MR) is 57.7 cm³/mol. The molecular weight excluding hydrogens is 285 g/mol. The van der Waals surface area contributed by atoms with Gasteiger partial charge in [-0.25, -0.2) is 4.98 Å². The molecule has 0 fully saturated rings. The third-order valence-electron chi connectivity index (χ3n) is 1.47. The van der Waals surface area contributed by atoms with Gasteiger partial charge < -0.3 is 0 Å². The number of hydrogen-bond acceptors (Lipinski definition) is 3. The summed E-state index contributed by atoms with van der Waals surface area (Å²) < 4.78 is 2.24. The smallest absolute Gasteiger partial charge is 0.178 e. The van der Waals surface area contributed by atoms with Crippen molar-refractivity contribution in [2.75, 3.05) is 0 Å². The van der Waals surface area contributed by atoms with E-state index in [4.69, 9.17) is 0 Å². The van der Waals surface area contributed by atoms with E-state index in [0.717, 1.165) is 16.5 Å². The molecule has 0 bridgehead atoms. The number of thiazole rings is 1. The number of hydrogen-bond donors (Lipinski definition) is 0. The van der Waals surface area contributed by atoms with Crippen molar-refractivity contribution in [1.82, 2.24) is 4.98 Å². The van der Waals surface area contributed by atoms with Crippen molar-refractivity contribution >= 4 is 50.4 Å². The fraction of sp³-hybridized carbons (Fsp3) is 0. The number of benzene rings is 1. The Morgan fingerprint density at radius 2 is 2.33 bits per heavy atom. The van der Waals surface area contributed by atoms with Crippen LogP contribution in [0.4, 0.5) is 0 Å². The predicted octanol–water partition coefficient (Wildman–Crippen LogP) is 2.71. The van der Waals surface area contributed by atoms with Crippen LogP contribution in [-0.2, 0) is 0 Å². The van der Waals surface area contributed by atoms with E-state index in [1.54, 1.807) is 0 Å². The molecule has 1 aromatic carbocycles. The van der Waals surface area contributed by atoms with Crippen LogP contribution < -0.4 is 0 Å². The molecule has 2 aromatic rings. The van der Waals surface area contributed by atoms with Gasteiger partial charge in [0.25, 0.3) is 0 Å². The standard InChI is InChI=1S/C8H4INOS/c9-5-1-2-6-7(3-5)12-8(4-11)10-6/h1-4H. The lowest BCUT2D eigenvalue weighted by Gasteiger charge is -1.86. The van der Waals surface area contributed by atoms with Crippen molar-refractivity contribution in [2.24, 2.45) is 0 Å². The van der Waals surface area contributed by atoms with Crippen molar-refractivity contribution in [1.29, 1.82) is 0 Å². The first-order chi connectivity index (χ1) is 5.79. The summed E-state index contributed by atoms with van der Waals surface area (Å²) >= 11 is 3.67. The summed E-state index contributed by atoms with van der Waals surface area (Å²) in [5.41, 5.74) is 0.905. The molecule has 0 unspecified atom stereocenters. The number of fused-ring (bicyclic) bond motifs is 1. The van der Waals surface area contributed by atoms with Crippen molar-refractivity contribution in [3.05, 3.63) is 26.8 Å². The summed E-state index contributed by atoms with van der Waals surface area (Å²) in [4.78, 5) is 14.5. The van der Waals surface area contributed by atoms with E-state index in [9.17, 15) is 4.79 Å². The number of aldehydes is 1. The van der Waals surface area contributed by atoms with Crippen LogP contribution in [0.25, 0.3) is 10.2 Å². The van der Waals surface area contributed by atoms with Crippen LogP contribution in [0, 0.1) is 3.57 Å². The lowest BCUT2D eigenvalue weighted by atomic mass is 10.3. The molecule has 0 spiro atoms. The first-order valence-corrected chi connectivity index (χ1v) is 5.20. The molecule has 0 atom stereocenters. The van der Waals surface area contributed by atoms with Crippen molar-refractivity contribution in [3.8, 4) is 0 Å². The molecule has 4 heteroatoms. The van der Waals surface area contributed by atoms with Gasteiger partial charge in [0, 0.05) is 3.57 Å². The number of halogens is 1. The second kappa shape index (κ2) is 3.10. The molecule has 0 radical (unpaired) electrons. The van der Waals surface area contributed by atoms with Crippen LogP contribution in [0.5, 0.6) is 0 Å². The number of nitrogens with zero attached hydrogens (tertiary/aromatic N) is 1. The Bertz CT molecular complexity index is 438. The average molecular weight is 289 g/mol. The normalized spacial score (nSPS) is 10.4. The van der Waals surface area contributed by atoms with Crippen LogP contribution in [-0.4, -0.2) is 11.3 Å². The molecule has 2 rings (SSSR count).